The second-order valence-electron chi connectivity index (χ2n) is 5.36. The van der Waals surface area contributed by atoms with E-state index in [0.717, 1.165) is 11.4 Å². The maximum atomic E-state index is 12.6. The molecule has 22 heavy (non-hydrogen) atoms. The summed E-state index contributed by atoms with van der Waals surface area (Å²) in [6.45, 7) is 2.89. The largest absolute Gasteiger partial charge is 0.490 e. The first-order chi connectivity index (χ1) is 10.7. The van der Waals surface area contributed by atoms with Crippen molar-refractivity contribution in [1.82, 2.24) is 9.97 Å². The molecule has 3 rings (SSSR count). The number of hydrogen-bond acceptors (Lipinski definition) is 4. The van der Waals surface area contributed by atoms with E-state index >= 15 is 0 Å². The molecule has 0 saturated heterocycles. The SMILES string of the molecule is CC(CC(=N)C(=O)N1CCOc2ccccc21)c1cnc[nH]1. The molecule has 2 aromatic rings. The molecule has 1 aromatic carbocycles. The molecular weight excluding hydrogens is 280 g/mol. The van der Waals surface area contributed by atoms with Gasteiger partial charge in [-0.3, -0.25) is 10.2 Å². The molecule has 114 valence electrons. The number of anilines is 1. The van der Waals surface area contributed by atoms with Gasteiger partial charge in [0.25, 0.3) is 5.91 Å². The van der Waals surface area contributed by atoms with Crippen LogP contribution in [0.1, 0.15) is 25.0 Å². The lowest BCUT2D eigenvalue weighted by Gasteiger charge is -2.29. The normalized spacial score (nSPS) is 14.9. The van der Waals surface area contributed by atoms with E-state index in [1.807, 2.05) is 31.2 Å². The lowest BCUT2D eigenvalue weighted by molar-refractivity contribution is -0.113. The van der Waals surface area contributed by atoms with Crippen LogP contribution in [0, 0.1) is 5.41 Å². The van der Waals surface area contributed by atoms with Crippen molar-refractivity contribution in [3.8, 4) is 5.75 Å². The van der Waals surface area contributed by atoms with Crippen molar-refractivity contribution >= 4 is 17.3 Å². The van der Waals surface area contributed by atoms with Crippen LogP contribution in [-0.4, -0.2) is 34.7 Å². The monoisotopic (exact) mass is 298 g/mol. The molecule has 0 aliphatic carbocycles. The summed E-state index contributed by atoms with van der Waals surface area (Å²) in [5.74, 6) is 0.480. The second-order valence-corrected chi connectivity index (χ2v) is 5.36. The van der Waals surface area contributed by atoms with Crippen molar-refractivity contribution in [2.75, 3.05) is 18.1 Å². The topological polar surface area (TPSA) is 82.1 Å². The number of amides is 1. The zero-order chi connectivity index (χ0) is 15.5. The maximum Gasteiger partial charge on any atom is 0.272 e. The number of carbonyl (C=O) groups is 1. The molecule has 1 atom stereocenters. The number of carbonyl (C=O) groups excluding carboxylic acids is 1. The third kappa shape index (κ3) is 2.72. The Bertz CT molecular complexity index is 681. The first-order valence-corrected chi connectivity index (χ1v) is 7.26. The Hall–Kier alpha value is -2.63. The van der Waals surface area contributed by atoms with Crippen LogP contribution in [0.2, 0.25) is 0 Å². The standard InChI is InChI=1S/C16H18N4O2/c1-11(13-9-18-10-19-13)8-12(17)16(21)20-6-7-22-15-5-3-2-4-14(15)20/h2-5,9-11,17H,6-8H2,1H3,(H,18,19). The minimum Gasteiger partial charge on any atom is -0.490 e. The number of nitrogens with one attached hydrogen (secondary N) is 2. The lowest BCUT2D eigenvalue weighted by Crippen LogP contribution is -2.42. The number of fused-ring (bicyclic) bond motifs is 1. The van der Waals surface area contributed by atoms with E-state index in [9.17, 15) is 4.79 Å². The Morgan fingerprint density at radius 1 is 1.50 bits per heavy atom. The average Bonchev–Trinajstić information content (AvgIpc) is 3.08. The fourth-order valence-electron chi connectivity index (χ4n) is 2.58. The van der Waals surface area contributed by atoms with Gasteiger partial charge in [0.05, 0.1) is 24.3 Å². The average molecular weight is 298 g/mol. The zero-order valence-electron chi connectivity index (χ0n) is 12.4. The quantitative estimate of drug-likeness (QED) is 0.850. The lowest BCUT2D eigenvalue weighted by atomic mass is 10.0. The first-order valence-electron chi connectivity index (χ1n) is 7.26. The first kappa shape index (κ1) is 14.3. The third-order valence-corrected chi connectivity index (χ3v) is 3.79. The Balaban J connectivity index is 1.73. The van der Waals surface area contributed by atoms with Crippen molar-refractivity contribution in [3.63, 3.8) is 0 Å². The van der Waals surface area contributed by atoms with Crippen molar-refractivity contribution in [2.45, 2.75) is 19.3 Å². The molecule has 0 spiro atoms. The fourth-order valence-corrected chi connectivity index (χ4v) is 2.58. The van der Waals surface area contributed by atoms with Crippen LogP contribution in [0.4, 0.5) is 5.69 Å². The van der Waals surface area contributed by atoms with Gasteiger partial charge in [-0.25, -0.2) is 4.98 Å². The predicted octanol–water partition coefficient (Wildman–Crippen LogP) is 2.35. The van der Waals surface area contributed by atoms with E-state index in [1.54, 1.807) is 17.4 Å². The summed E-state index contributed by atoms with van der Waals surface area (Å²) in [4.78, 5) is 21.2. The van der Waals surface area contributed by atoms with Gasteiger partial charge in [0, 0.05) is 24.2 Å². The molecule has 1 aromatic heterocycles. The van der Waals surface area contributed by atoms with E-state index in [0.29, 0.717) is 25.3 Å². The molecule has 0 radical (unpaired) electrons. The molecule has 6 nitrogen and oxygen atoms in total. The summed E-state index contributed by atoms with van der Waals surface area (Å²) < 4.78 is 5.55. The second kappa shape index (κ2) is 6.01. The Morgan fingerprint density at radius 2 is 2.32 bits per heavy atom. The fraction of sp³-hybridized carbons (Fsp3) is 0.312. The Morgan fingerprint density at radius 3 is 3.09 bits per heavy atom. The van der Waals surface area contributed by atoms with E-state index in [-0.39, 0.29) is 17.5 Å². The van der Waals surface area contributed by atoms with Crippen LogP contribution < -0.4 is 9.64 Å². The summed E-state index contributed by atoms with van der Waals surface area (Å²) in [7, 11) is 0. The summed E-state index contributed by atoms with van der Waals surface area (Å²) >= 11 is 0. The van der Waals surface area contributed by atoms with Crippen LogP contribution in [0.3, 0.4) is 0 Å². The minimum atomic E-state index is -0.262. The molecule has 0 saturated carbocycles. The molecule has 1 amide bonds. The van der Waals surface area contributed by atoms with Crippen molar-refractivity contribution in [2.24, 2.45) is 0 Å². The van der Waals surface area contributed by atoms with E-state index < -0.39 is 0 Å². The number of H-pyrrole nitrogens is 1. The number of aromatic amines is 1. The molecule has 2 heterocycles. The molecular formula is C16H18N4O2. The highest BCUT2D eigenvalue weighted by Crippen LogP contribution is 2.31. The van der Waals surface area contributed by atoms with E-state index in [4.69, 9.17) is 10.1 Å². The van der Waals surface area contributed by atoms with Gasteiger partial charge in [-0.05, 0) is 12.1 Å². The minimum absolute atomic E-state index is 0.0511. The number of nitrogens with zero attached hydrogens (tertiary/aromatic N) is 2. The predicted molar refractivity (Wildman–Crippen MR) is 83.6 cm³/mol. The van der Waals surface area contributed by atoms with E-state index in [2.05, 4.69) is 9.97 Å². The molecule has 0 bridgehead atoms. The van der Waals surface area contributed by atoms with Gasteiger partial charge in [-0.2, -0.15) is 0 Å². The van der Waals surface area contributed by atoms with Crippen LogP contribution in [0.25, 0.3) is 0 Å². The highest BCUT2D eigenvalue weighted by atomic mass is 16.5. The highest BCUT2D eigenvalue weighted by molar-refractivity contribution is 6.42. The van der Waals surface area contributed by atoms with Gasteiger partial charge < -0.3 is 14.6 Å². The Kier molecular flexibility index (Phi) is 3.91. The summed E-state index contributed by atoms with van der Waals surface area (Å²) in [6.07, 6.45) is 3.71. The van der Waals surface area contributed by atoms with Crippen LogP contribution in [0.15, 0.2) is 36.8 Å². The molecule has 1 unspecified atom stereocenters. The van der Waals surface area contributed by atoms with Gasteiger partial charge in [-0.15, -0.1) is 0 Å². The maximum absolute atomic E-state index is 12.6. The highest BCUT2D eigenvalue weighted by Gasteiger charge is 2.27. The number of ether oxygens (including phenoxy) is 1. The van der Waals surface area contributed by atoms with Crippen molar-refractivity contribution < 1.29 is 9.53 Å². The molecule has 2 N–H and O–H groups in total. The molecule has 1 aliphatic heterocycles. The third-order valence-electron chi connectivity index (χ3n) is 3.79. The van der Waals surface area contributed by atoms with Gasteiger partial charge in [-0.1, -0.05) is 19.1 Å². The summed E-state index contributed by atoms with van der Waals surface area (Å²) in [5.41, 5.74) is 1.76. The number of hydrogen-bond donors (Lipinski definition) is 2. The number of para-hydroxylation sites is 2. The van der Waals surface area contributed by atoms with Crippen LogP contribution in [-0.2, 0) is 4.79 Å². The summed E-state index contributed by atoms with van der Waals surface area (Å²) in [6, 6.07) is 7.42. The number of aromatic nitrogens is 2. The number of imidazole rings is 1. The van der Waals surface area contributed by atoms with Crippen LogP contribution in [0.5, 0.6) is 5.75 Å². The smallest absolute Gasteiger partial charge is 0.272 e. The van der Waals surface area contributed by atoms with Gasteiger partial charge in [0.2, 0.25) is 0 Å². The van der Waals surface area contributed by atoms with Gasteiger partial charge in [0.1, 0.15) is 12.4 Å². The van der Waals surface area contributed by atoms with Crippen molar-refractivity contribution in [1.29, 1.82) is 5.41 Å². The summed E-state index contributed by atoms with van der Waals surface area (Å²) in [5, 5.41) is 8.14. The molecule has 1 aliphatic rings. The van der Waals surface area contributed by atoms with Crippen LogP contribution >= 0.6 is 0 Å². The van der Waals surface area contributed by atoms with Crippen molar-refractivity contribution in [3.05, 3.63) is 42.5 Å². The van der Waals surface area contributed by atoms with E-state index in [1.165, 1.54) is 0 Å². The molecule has 6 heteroatoms. The molecule has 0 fully saturated rings. The van der Waals surface area contributed by atoms with Gasteiger partial charge in [0.15, 0.2) is 0 Å². The number of benzene rings is 1. The number of rotatable bonds is 4. The Labute approximate surface area is 128 Å². The van der Waals surface area contributed by atoms with Gasteiger partial charge >= 0.3 is 0 Å². The zero-order valence-corrected chi connectivity index (χ0v) is 12.4.